The fraction of sp³-hybridized carbons (Fsp3) is 0.188. The molecule has 0 bridgehead atoms. The molecule has 224 valence electrons. The number of rotatable bonds is 12. The van der Waals surface area contributed by atoms with Crippen LogP contribution in [-0.2, 0) is 32.6 Å². The maximum absolute atomic E-state index is 14.3. The smallest absolute Gasteiger partial charge is 0.264 e. The predicted octanol–water partition coefficient (Wildman–Crippen LogP) is 6.10. The molecule has 43 heavy (non-hydrogen) atoms. The number of nitrogens with zero attached hydrogens (tertiary/aromatic N) is 2. The summed E-state index contributed by atoms with van der Waals surface area (Å²) in [5.74, 6) is -1.50. The van der Waals surface area contributed by atoms with Gasteiger partial charge in [-0.05, 0) is 72.6 Å². The number of hydrogen-bond donors (Lipinski definition) is 1. The number of benzene rings is 4. The first-order chi connectivity index (χ1) is 20.6. The average Bonchev–Trinajstić information content (AvgIpc) is 2.99. The van der Waals surface area contributed by atoms with Crippen molar-refractivity contribution >= 4 is 50.7 Å². The molecule has 0 saturated heterocycles. The van der Waals surface area contributed by atoms with Crippen LogP contribution in [0.2, 0.25) is 10.0 Å². The average molecular weight is 643 g/mol. The summed E-state index contributed by atoms with van der Waals surface area (Å²) < 4.78 is 42.6. The summed E-state index contributed by atoms with van der Waals surface area (Å²) in [6.45, 7) is 1.38. The van der Waals surface area contributed by atoms with Gasteiger partial charge < -0.3 is 10.2 Å². The Hall–Kier alpha value is -3.92. The number of halogens is 3. The van der Waals surface area contributed by atoms with Crippen LogP contribution >= 0.6 is 23.2 Å². The van der Waals surface area contributed by atoms with Gasteiger partial charge in [0, 0.05) is 29.6 Å². The minimum absolute atomic E-state index is 0.0713. The first-order valence-electron chi connectivity index (χ1n) is 13.5. The van der Waals surface area contributed by atoms with Crippen molar-refractivity contribution in [2.75, 3.05) is 17.4 Å². The van der Waals surface area contributed by atoms with Crippen molar-refractivity contribution in [2.24, 2.45) is 0 Å². The van der Waals surface area contributed by atoms with Crippen molar-refractivity contribution in [2.45, 2.75) is 30.8 Å². The van der Waals surface area contributed by atoms with Crippen molar-refractivity contribution < 1.29 is 22.4 Å². The van der Waals surface area contributed by atoms with Crippen LogP contribution in [0.3, 0.4) is 0 Å². The summed E-state index contributed by atoms with van der Waals surface area (Å²) in [4.78, 5) is 29.0. The molecule has 0 fully saturated rings. The minimum atomic E-state index is -4.29. The minimum Gasteiger partial charge on any atom is -0.355 e. The zero-order valence-corrected chi connectivity index (χ0v) is 25.6. The Kier molecular flexibility index (Phi) is 10.8. The Morgan fingerprint density at radius 3 is 2.14 bits per heavy atom. The van der Waals surface area contributed by atoms with Gasteiger partial charge in [0.2, 0.25) is 11.8 Å². The Labute approximate surface area is 260 Å². The second-order valence-corrected chi connectivity index (χ2v) is 12.4. The van der Waals surface area contributed by atoms with Gasteiger partial charge in [0.1, 0.15) is 18.4 Å². The molecule has 0 aliphatic carbocycles. The van der Waals surface area contributed by atoms with Gasteiger partial charge in [-0.15, -0.1) is 0 Å². The van der Waals surface area contributed by atoms with E-state index in [9.17, 15) is 22.4 Å². The first kappa shape index (κ1) is 32.0. The lowest BCUT2D eigenvalue weighted by atomic mass is 10.0. The number of sulfonamides is 1. The SMILES string of the molecule is CCNC(=O)[C@H](Cc1ccccc1)N(Cc1ccc(F)cc1)C(=O)CN(c1cccc(Cl)c1)S(=O)(=O)c1ccc(Cl)cc1. The Balaban J connectivity index is 1.79. The lowest BCUT2D eigenvalue weighted by Gasteiger charge is -2.33. The Bertz CT molecular complexity index is 1650. The van der Waals surface area contributed by atoms with Crippen LogP contribution in [0, 0.1) is 5.82 Å². The molecule has 0 heterocycles. The van der Waals surface area contributed by atoms with E-state index in [0.29, 0.717) is 17.1 Å². The normalized spacial score (nSPS) is 11.9. The molecule has 4 aromatic carbocycles. The number of anilines is 1. The summed E-state index contributed by atoms with van der Waals surface area (Å²) >= 11 is 12.2. The molecule has 2 amide bonds. The van der Waals surface area contributed by atoms with Crippen LogP contribution in [0.25, 0.3) is 0 Å². The molecule has 0 aromatic heterocycles. The predicted molar refractivity (Wildman–Crippen MR) is 167 cm³/mol. The van der Waals surface area contributed by atoms with E-state index in [1.165, 1.54) is 65.6 Å². The molecule has 4 rings (SSSR count). The molecule has 1 atom stereocenters. The number of likely N-dealkylation sites (N-methyl/N-ethyl adjacent to an activating group) is 1. The third-order valence-corrected chi connectivity index (χ3v) is 8.94. The number of carbonyl (C=O) groups excluding carboxylic acids is 2. The van der Waals surface area contributed by atoms with Crippen molar-refractivity contribution in [3.63, 3.8) is 0 Å². The van der Waals surface area contributed by atoms with Crippen LogP contribution in [0.5, 0.6) is 0 Å². The van der Waals surface area contributed by atoms with Crippen LogP contribution in [0.15, 0.2) is 108 Å². The van der Waals surface area contributed by atoms with Gasteiger partial charge >= 0.3 is 0 Å². The van der Waals surface area contributed by atoms with Gasteiger partial charge in [0.25, 0.3) is 10.0 Å². The molecule has 0 radical (unpaired) electrons. The van der Waals surface area contributed by atoms with E-state index in [-0.39, 0.29) is 28.6 Å². The Morgan fingerprint density at radius 2 is 1.51 bits per heavy atom. The van der Waals surface area contributed by atoms with Crippen molar-refractivity contribution in [3.8, 4) is 0 Å². The second-order valence-electron chi connectivity index (χ2n) is 9.69. The molecule has 1 N–H and O–H groups in total. The molecule has 4 aromatic rings. The third kappa shape index (κ3) is 8.34. The van der Waals surface area contributed by atoms with Gasteiger partial charge in [0.15, 0.2) is 0 Å². The van der Waals surface area contributed by atoms with Gasteiger partial charge in [0.05, 0.1) is 10.6 Å². The monoisotopic (exact) mass is 641 g/mol. The molecule has 0 unspecified atom stereocenters. The van der Waals surface area contributed by atoms with E-state index in [4.69, 9.17) is 23.2 Å². The molecule has 0 aliphatic rings. The highest BCUT2D eigenvalue weighted by atomic mass is 35.5. The van der Waals surface area contributed by atoms with Crippen LogP contribution < -0.4 is 9.62 Å². The van der Waals surface area contributed by atoms with Crippen LogP contribution in [0.1, 0.15) is 18.1 Å². The molecular weight excluding hydrogens is 612 g/mol. The van der Waals surface area contributed by atoms with Crippen molar-refractivity contribution in [1.29, 1.82) is 0 Å². The van der Waals surface area contributed by atoms with E-state index in [1.807, 2.05) is 30.3 Å². The van der Waals surface area contributed by atoms with E-state index in [0.717, 1.165) is 9.87 Å². The largest absolute Gasteiger partial charge is 0.355 e. The van der Waals surface area contributed by atoms with Crippen molar-refractivity contribution in [1.82, 2.24) is 10.2 Å². The van der Waals surface area contributed by atoms with E-state index in [1.54, 1.807) is 19.1 Å². The Morgan fingerprint density at radius 1 is 0.837 bits per heavy atom. The standard InChI is InChI=1S/C32H30Cl2FN3O4S/c1-2-36-32(40)30(19-23-7-4-3-5-8-23)37(21-24-11-15-27(35)16-12-24)31(39)22-38(28-10-6-9-26(34)20-28)43(41,42)29-17-13-25(33)14-18-29/h3-18,20,30H,2,19,21-22H2,1H3,(H,36,40)/t30-/m0/s1. The second kappa shape index (κ2) is 14.5. The number of nitrogens with one attached hydrogen (secondary N) is 1. The van der Waals surface area contributed by atoms with Gasteiger partial charge in [-0.1, -0.05) is 71.7 Å². The molecule has 0 saturated carbocycles. The summed E-state index contributed by atoms with van der Waals surface area (Å²) in [6, 6.07) is 25.5. The lowest BCUT2D eigenvalue weighted by Crippen LogP contribution is -2.53. The summed E-state index contributed by atoms with van der Waals surface area (Å²) in [6.07, 6.45) is 0.167. The van der Waals surface area contributed by atoms with Gasteiger partial charge in [-0.3, -0.25) is 13.9 Å². The maximum Gasteiger partial charge on any atom is 0.264 e. The number of hydrogen-bond acceptors (Lipinski definition) is 4. The molecule has 0 spiro atoms. The van der Waals surface area contributed by atoms with Crippen molar-refractivity contribution in [3.05, 3.63) is 130 Å². The molecular formula is C32H30Cl2FN3O4S. The molecule has 7 nitrogen and oxygen atoms in total. The highest BCUT2D eigenvalue weighted by molar-refractivity contribution is 7.92. The zero-order chi connectivity index (χ0) is 31.0. The fourth-order valence-corrected chi connectivity index (χ4v) is 6.24. The summed E-state index contributed by atoms with van der Waals surface area (Å²) in [5, 5.41) is 3.41. The molecule has 0 aliphatic heterocycles. The quantitative estimate of drug-likeness (QED) is 0.202. The van der Waals surface area contributed by atoms with E-state index >= 15 is 0 Å². The summed E-state index contributed by atoms with van der Waals surface area (Å²) in [5.41, 5.74) is 1.53. The maximum atomic E-state index is 14.3. The van der Waals surface area contributed by atoms with Gasteiger partial charge in [-0.25, -0.2) is 12.8 Å². The fourth-order valence-electron chi connectivity index (χ4n) is 4.53. The van der Waals surface area contributed by atoms with Gasteiger partial charge in [-0.2, -0.15) is 0 Å². The zero-order valence-electron chi connectivity index (χ0n) is 23.3. The number of carbonyl (C=O) groups is 2. The first-order valence-corrected chi connectivity index (χ1v) is 15.7. The lowest BCUT2D eigenvalue weighted by molar-refractivity contribution is -0.140. The third-order valence-electron chi connectivity index (χ3n) is 6.66. The highest BCUT2D eigenvalue weighted by Crippen LogP contribution is 2.28. The van der Waals surface area contributed by atoms with E-state index in [2.05, 4.69) is 5.32 Å². The van der Waals surface area contributed by atoms with Crippen LogP contribution in [0.4, 0.5) is 10.1 Å². The highest BCUT2D eigenvalue weighted by Gasteiger charge is 2.34. The van der Waals surface area contributed by atoms with E-state index < -0.39 is 40.2 Å². The number of amides is 2. The topological polar surface area (TPSA) is 86.8 Å². The summed E-state index contributed by atoms with van der Waals surface area (Å²) in [7, 11) is -4.29. The van der Waals surface area contributed by atoms with Crippen LogP contribution in [-0.4, -0.2) is 44.3 Å². The molecule has 11 heteroatoms.